The number of hydrogen-bond donors (Lipinski definition) is 2. The summed E-state index contributed by atoms with van der Waals surface area (Å²) in [6, 6.07) is 15.0. The number of anilines is 1. The fourth-order valence-corrected chi connectivity index (χ4v) is 3.04. The van der Waals surface area contributed by atoms with E-state index in [0.717, 1.165) is 24.2 Å². The zero-order chi connectivity index (χ0) is 28.0. The Kier molecular flexibility index (Phi) is 12.9. The number of nitro benzene ring substituents is 2. The Balaban J connectivity index is 0.000000279. The van der Waals surface area contributed by atoms with Crippen molar-refractivity contribution in [1.82, 2.24) is 0 Å². The first-order valence-electron chi connectivity index (χ1n) is 11.3. The molecule has 0 bridgehead atoms. The Morgan fingerprint density at radius 1 is 0.703 bits per heavy atom. The minimum Gasteiger partial charge on any atom is -0.495 e. The summed E-state index contributed by atoms with van der Waals surface area (Å²) < 4.78 is 14.8. The molecule has 11 heteroatoms. The number of nitro groups is 2. The molecule has 0 spiro atoms. The van der Waals surface area contributed by atoms with Gasteiger partial charge in [-0.1, -0.05) is 26.0 Å². The van der Waals surface area contributed by atoms with Crippen LogP contribution in [0, 0.1) is 20.2 Å². The van der Waals surface area contributed by atoms with Gasteiger partial charge in [0.05, 0.1) is 43.5 Å². The molecule has 37 heavy (non-hydrogen) atoms. The van der Waals surface area contributed by atoms with E-state index in [1.165, 1.54) is 44.0 Å². The molecule has 0 radical (unpaired) electrons. The maximum Gasteiger partial charge on any atom is 0.310 e. The standard InChI is InChI=1S/C9H11NO3.C9H13NO.C8H9NO4/c1-3-7-4-5-8(10(11)12)9(6-7)13-2;1-3-7-4-5-8(10)9(6-7)11-2;1-13-8-4-6(5-10)2-3-7(8)9(11)12/h4-6H,3H2,1-2H3;4-6H,3,10H2,1-2H3;2-4,10H,5H2,1H3. The van der Waals surface area contributed by atoms with E-state index >= 15 is 0 Å². The number of rotatable bonds is 8. The third-order valence-electron chi connectivity index (χ3n) is 5.18. The Labute approximate surface area is 215 Å². The molecule has 3 aromatic carbocycles. The molecular formula is C26H33N3O8. The first kappa shape index (κ1) is 30.7. The van der Waals surface area contributed by atoms with Gasteiger partial charge in [0.25, 0.3) is 0 Å². The molecule has 0 aliphatic rings. The number of nitrogens with two attached hydrogens (primary N) is 1. The van der Waals surface area contributed by atoms with Crippen molar-refractivity contribution in [3.8, 4) is 17.2 Å². The van der Waals surface area contributed by atoms with Crippen LogP contribution in [0.25, 0.3) is 0 Å². The number of nitrogen functional groups attached to an aromatic ring is 1. The summed E-state index contributed by atoms with van der Waals surface area (Å²) in [6.07, 6.45) is 1.85. The molecule has 0 aromatic heterocycles. The first-order valence-corrected chi connectivity index (χ1v) is 11.3. The van der Waals surface area contributed by atoms with Crippen molar-refractivity contribution in [2.24, 2.45) is 0 Å². The molecule has 0 amide bonds. The largest absolute Gasteiger partial charge is 0.495 e. The van der Waals surface area contributed by atoms with Crippen LogP contribution in [0.5, 0.6) is 17.2 Å². The average Bonchev–Trinajstić information content (AvgIpc) is 2.92. The third-order valence-corrected chi connectivity index (χ3v) is 5.18. The Morgan fingerprint density at radius 3 is 1.46 bits per heavy atom. The highest BCUT2D eigenvalue weighted by atomic mass is 16.6. The van der Waals surface area contributed by atoms with Gasteiger partial charge in [-0.25, -0.2) is 0 Å². The lowest BCUT2D eigenvalue weighted by molar-refractivity contribution is -0.385. The van der Waals surface area contributed by atoms with E-state index in [9.17, 15) is 20.2 Å². The van der Waals surface area contributed by atoms with E-state index < -0.39 is 9.85 Å². The van der Waals surface area contributed by atoms with Crippen molar-refractivity contribution in [1.29, 1.82) is 0 Å². The van der Waals surface area contributed by atoms with Crippen LogP contribution in [0.2, 0.25) is 0 Å². The molecule has 0 saturated heterocycles. The Bertz CT molecular complexity index is 1120. The topological polar surface area (TPSA) is 160 Å². The van der Waals surface area contributed by atoms with Crippen LogP contribution in [0.4, 0.5) is 17.1 Å². The summed E-state index contributed by atoms with van der Waals surface area (Å²) in [5, 5.41) is 29.7. The third kappa shape index (κ3) is 9.30. The molecule has 0 aliphatic heterocycles. The highest BCUT2D eigenvalue weighted by molar-refractivity contribution is 5.54. The quantitative estimate of drug-likeness (QED) is 0.236. The monoisotopic (exact) mass is 515 g/mol. The van der Waals surface area contributed by atoms with Gasteiger partial charge in [0.2, 0.25) is 0 Å². The molecule has 0 saturated carbocycles. The van der Waals surface area contributed by atoms with Crippen LogP contribution < -0.4 is 19.9 Å². The van der Waals surface area contributed by atoms with Gasteiger partial charge in [-0.2, -0.15) is 0 Å². The van der Waals surface area contributed by atoms with Crippen LogP contribution in [0.3, 0.4) is 0 Å². The summed E-state index contributed by atoms with van der Waals surface area (Å²) in [5.74, 6) is 1.25. The van der Waals surface area contributed by atoms with E-state index in [-0.39, 0.29) is 23.7 Å². The predicted octanol–water partition coefficient (Wildman–Crippen LogP) is 5.10. The lowest BCUT2D eigenvalue weighted by atomic mass is 10.1. The molecule has 0 heterocycles. The summed E-state index contributed by atoms with van der Waals surface area (Å²) in [7, 11) is 4.41. The maximum absolute atomic E-state index is 10.5. The minimum atomic E-state index is -0.528. The smallest absolute Gasteiger partial charge is 0.310 e. The Morgan fingerprint density at radius 2 is 1.08 bits per heavy atom. The molecule has 3 N–H and O–H groups in total. The number of nitrogens with zero attached hydrogens (tertiary/aromatic N) is 2. The summed E-state index contributed by atoms with van der Waals surface area (Å²) in [5.41, 5.74) is 9.11. The Hall–Kier alpha value is -4.38. The average molecular weight is 516 g/mol. The number of aliphatic hydroxyl groups excluding tert-OH is 1. The second-order valence-electron chi connectivity index (χ2n) is 7.47. The molecule has 0 atom stereocenters. The van der Waals surface area contributed by atoms with E-state index in [1.807, 2.05) is 25.1 Å². The number of aryl methyl sites for hydroxylation is 2. The number of methoxy groups -OCH3 is 3. The van der Waals surface area contributed by atoms with Crippen LogP contribution in [-0.2, 0) is 19.4 Å². The summed E-state index contributed by atoms with van der Waals surface area (Å²) in [6.45, 7) is 3.93. The van der Waals surface area contributed by atoms with Crippen molar-refractivity contribution >= 4 is 17.1 Å². The van der Waals surface area contributed by atoms with E-state index in [1.54, 1.807) is 19.2 Å². The van der Waals surface area contributed by atoms with Crippen LogP contribution in [-0.4, -0.2) is 36.3 Å². The molecule has 0 aliphatic carbocycles. The van der Waals surface area contributed by atoms with Crippen LogP contribution in [0.1, 0.15) is 30.5 Å². The van der Waals surface area contributed by atoms with Crippen molar-refractivity contribution < 1.29 is 29.2 Å². The van der Waals surface area contributed by atoms with Gasteiger partial charge in [0.1, 0.15) is 5.75 Å². The lowest BCUT2D eigenvalue weighted by Gasteiger charge is -2.05. The maximum atomic E-state index is 10.5. The van der Waals surface area contributed by atoms with Gasteiger partial charge in [0, 0.05) is 12.1 Å². The van der Waals surface area contributed by atoms with Crippen LogP contribution in [0.15, 0.2) is 54.6 Å². The molecule has 0 fully saturated rings. The minimum absolute atomic E-state index is 0.0136. The van der Waals surface area contributed by atoms with Crippen molar-refractivity contribution in [3.05, 3.63) is 91.5 Å². The predicted molar refractivity (Wildman–Crippen MR) is 141 cm³/mol. The number of aliphatic hydroxyl groups is 1. The summed E-state index contributed by atoms with van der Waals surface area (Å²) in [4.78, 5) is 20.0. The van der Waals surface area contributed by atoms with E-state index in [2.05, 4.69) is 6.92 Å². The highest BCUT2D eigenvalue weighted by Crippen LogP contribution is 2.28. The molecule has 3 aromatic rings. The zero-order valence-electron chi connectivity index (χ0n) is 21.6. The van der Waals surface area contributed by atoms with Gasteiger partial charge in [-0.3, -0.25) is 20.2 Å². The molecular weight excluding hydrogens is 482 g/mol. The molecule has 11 nitrogen and oxygen atoms in total. The van der Waals surface area contributed by atoms with Crippen molar-refractivity contribution in [2.45, 2.75) is 33.3 Å². The van der Waals surface area contributed by atoms with Gasteiger partial charge < -0.3 is 25.1 Å². The van der Waals surface area contributed by atoms with Gasteiger partial charge >= 0.3 is 11.4 Å². The number of benzene rings is 3. The second kappa shape index (κ2) is 15.6. The zero-order valence-corrected chi connectivity index (χ0v) is 21.6. The molecule has 200 valence electrons. The molecule has 0 unspecified atom stereocenters. The highest BCUT2D eigenvalue weighted by Gasteiger charge is 2.14. The van der Waals surface area contributed by atoms with Crippen molar-refractivity contribution in [3.63, 3.8) is 0 Å². The summed E-state index contributed by atoms with van der Waals surface area (Å²) >= 11 is 0. The lowest BCUT2D eigenvalue weighted by Crippen LogP contribution is -1.95. The second-order valence-corrected chi connectivity index (χ2v) is 7.47. The van der Waals surface area contributed by atoms with Gasteiger partial charge in [0.15, 0.2) is 11.5 Å². The van der Waals surface area contributed by atoms with Gasteiger partial charge in [-0.05, 0) is 59.9 Å². The normalized spacial score (nSPS) is 9.68. The fourth-order valence-electron chi connectivity index (χ4n) is 3.04. The van der Waals surface area contributed by atoms with Gasteiger partial charge in [-0.15, -0.1) is 0 Å². The van der Waals surface area contributed by atoms with Crippen LogP contribution >= 0.6 is 0 Å². The van der Waals surface area contributed by atoms with E-state index in [4.69, 9.17) is 25.1 Å². The van der Waals surface area contributed by atoms with E-state index in [0.29, 0.717) is 17.0 Å². The first-order chi connectivity index (χ1) is 17.6. The molecule has 3 rings (SSSR count). The van der Waals surface area contributed by atoms with Crippen molar-refractivity contribution in [2.75, 3.05) is 27.1 Å². The number of hydrogen-bond acceptors (Lipinski definition) is 9. The SMILES string of the molecule is CCc1ccc(N)c(OC)c1.CCc1ccc([N+](=O)[O-])c(OC)c1.COc1cc(CO)ccc1[N+](=O)[O-]. The number of ether oxygens (including phenoxy) is 3. The fraction of sp³-hybridized carbons (Fsp3) is 0.308.